The maximum atomic E-state index is 13.3. The van der Waals surface area contributed by atoms with Crippen molar-refractivity contribution in [1.82, 2.24) is 9.88 Å². The summed E-state index contributed by atoms with van der Waals surface area (Å²) in [6.07, 6.45) is 1.69. The second-order valence-corrected chi connectivity index (χ2v) is 5.72. The number of halogens is 2. The lowest BCUT2D eigenvalue weighted by Crippen LogP contribution is -2.50. The van der Waals surface area contributed by atoms with E-state index in [0.717, 1.165) is 11.6 Å². The number of urea groups is 1. The minimum atomic E-state index is -0.863. The number of pyridine rings is 1. The lowest BCUT2D eigenvalue weighted by Gasteiger charge is -2.36. The summed E-state index contributed by atoms with van der Waals surface area (Å²) in [4.78, 5) is 20.0. The smallest absolute Gasteiger partial charge is 0.323 e. The Kier molecular flexibility index (Phi) is 4.59. The third-order valence-corrected chi connectivity index (χ3v) is 3.98. The van der Waals surface area contributed by atoms with Gasteiger partial charge in [-0.1, -0.05) is 6.07 Å². The number of benzene rings is 1. The van der Waals surface area contributed by atoms with Crippen LogP contribution < -0.4 is 10.2 Å². The molecular weight excluding hydrogens is 314 g/mol. The van der Waals surface area contributed by atoms with Crippen molar-refractivity contribution in [3.8, 4) is 0 Å². The highest BCUT2D eigenvalue weighted by atomic mass is 19.2. The van der Waals surface area contributed by atoms with Gasteiger partial charge < -0.3 is 9.80 Å². The fourth-order valence-corrected chi connectivity index (χ4v) is 2.58. The van der Waals surface area contributed by atoms with E-state index < -0.39 is 11.6 Å². The molecule has 1 saturated heterocycles. The van der Waals surface area contributed by atoms with Crippen LogP contribution in [0, 0.1) is 18.6 Å². The van der Waals surface area contributed by atoms with Crippen LogP contribution in [0.4, 0.5) is 25.1 Å². The van der Waals surface area contributed by atoms with E-state index >= 15 is 0 Å². The van der Waals surface area contributed by atoms with Gasteiger partial charge in [-0.2, -0.15) is 0 Å². The van der Waals surface area contributed by atoms with Gasteiger partial charge in [0, 0.05) is 44.1 Å². The molecule has 2 aromatic rings. The first kappa shape index (κ1) is 16.2. The summed E-state index contributed by atoms with van der Waals surface area (Å²) in [5, 5.41) is 2.76. The zero-order valence-electron chi connectivity index (χ0n) is 13.3. The molecule has 0 spiro atoms. The molecule has 3 rings (SSSR count). The summed E-state index contributed by atoms with van der Waals surface area (Å²) in [5.74, 6) is -1.21. The molecule has 0 saturated carbocycles. The molecule has 2 heterocycles. The number of piperazine rings is 1. The lowest BCUT2D eigenvalue weighted by atomic mass is 10.2. The van der Waals surface area contributed by atoms with Crippen molar-refractivity contribution in [2.75, 3.05) is 36.4 Å². The summed E-state index contributed by atoms with van der Waals surface area (Å²) in [6.45, 7) is 4.03. The molecule has 1 aliphatic rings. The van der Waals surface area contributed by atoms with E-state index in [1.165, 1.54) is 6.07 Å². The van der Waals surface area contributed by atoms with Gasteiger partial charge in [-0.3, -0.25) is 5.32 Å². The molecule has 24 heavy (non-hydrogen) atoms. The molecule has 2 amide bonds. The van der Waals surface area contributed by atoms with Crippen LogP contribution in [-0.4, -0.2) is 42.1 Å². The van der Waals surface area contributed by atoms with Gasteiger partial charge >= 0.3 is 6.03 Å². The zero-order valence-corrected chi connectivity index (χ0v) is 13.3. The summed E-state index contributed by atoms with van der Waals surface area (Å²) in [7, 11) is 0. The van der Waals surface area contributed by atoms with Gasteiger partial charge in [0.1, 0.15) is 5.82 Å². The van der Waals surface area contributed by atoms with Crippen LogP contribution in [0.25, 0.3) is 0 Å². The predicted molar refractivity (Wildman–Crippen MR) is 88.1 cm³/mol. The highest BCUT2D eigenvalue weighted by molar-refractivity contribution is 5.88. The second kappa shape index (κ2) is 6.82. The van der Waals surface area contributed by atoms with Gasteiger partial charge in [0.2, 0.25) is 0 Å². The number of aromatic nitrogens is 1. The van der Waals surface area contributed by atoms with Crippen LogP contribution in [0.2, 0.25) is 0 Å². The monoisotopic (exact) mass is 332 g/mol. The Morgan fingerprint density at radius 1 is 1.08 bits per heavy atom. The van der Waals surface area contributed by atoms with Crippen LogP contribution in [0.1, 0.15) is 5.56 Å². The first-order valence-corrected chi connectivity index (χ1v) is 7.71. The molecule has 1 aromatic heterocycles. The lowest BCUT2D eigenvalue weighted by molar-refractivity contribution is 0.208. The Morgan fingerprint density at radius 3 is 2.46 bits per heavy atom. The summed E-state index contributed by atoms with van der Waals surface area (Å²) >= 11 is 0. The van der Waals surface area contributed by atoms with Crippen molar-refractivity contribution < 1.29 is 13.6 Å². The van der Waals surface area contributed by atoms with E-state index in [1.54, 1.807) is 23.2 Å². The van der Waals surface area contributed by atoms with Crippen molar-refractivity contribution in [1.29, 1.82) is 0 Å². The summed E-state index contributed by atoms with van der Waals surface area (Å²) in [6, 6.07) is 7.27. The van der Waals surface area contributed by atoms with Crippen LogP contribution in [0.5, 0.6) is 0 Å². The molecule has 1 N–H and O–H groups in total. The quantitative estimate of drug-likeness (QED) is 0.920. The first-order valence-electron chi connectivity index (χ1n) is 7.71. The van der Waals surface area contributed by atoms with Gasteiger partial charge in [0.05, 0.1) is 0 Å². The van der Waals surface area contributed by atoms with Gasteiger partial charge in [0.25, 0.3) is 0 Å². The first-order chi connectivity index (χ1) is 11.5. The molecule has 7 heteroatoms. The van der Waals surface area contributed by atoms with Crippen molar-refractivity contribution in [2.45, 2.75) is 6.92 Å². The molecule has 0 bridgehead atoms. The number of nitrogens with zero attached hydrogens (tertiary/aromatic N) is 3. The van der Waals surface area contributed by atoms with Gasteiger partial charge in [-0.25, -0.2) is 18.6 Å². The number of anilines is 2. The number of aryl methyl sites for hydroxylation is 1. The van der Waals surface area contributed by atoms with E-state index in [2.05, 4.69) is 10.3 Å². The van der Waals surface area contributed by atoms with Crippen LogP contribution >= 0.6 is 0 Å². The summed E-state index contributed by atoms with van der Waals surface area (Å²) < 4.78 is 26.3. The fourth-order valence-electron chi connectivity index (χ4n) is 2.58. The average Bonchev–Trinajstić information content (AvgIpc) is 2.59. The highest BCUT2D eigenvalue weighted by Crippen LogP contribution is 2.19. The standard InChI is InChI=1S/C17H18F2N4O/c1-12-2-5-16(20-11-12)21-17(24)23-8-6-22(7-9-23)13-3-4-14(18)15(19)10-13/h2-5,10-11H,6-9H2,1H3,(H,20,21,24). The SMILES string of the molecule is Cc1ccc(NC(=O)N2CCN(c3ccc(F)c(F)c3)CC2)nc1. The Bertz CT molecular complexity index is 728. The number of hydrogen-bond acceptors (Lipinski definition) is 3. The molecule has 1 fully saturated rings. The maximum absolute atomic E-state index is 13.3. The van der Waals surface area contributed by atoms with Gasteiger partial charge in [-0.05, 0) is 30.7 Å². The number of nitrogens with one attached hydrogen (secondary N) is 1. The minimum absolute atomic E-state index is 0.212. The average molecular weight is 332 g/mol. The molecule has 0 atom stereocenters. The third kappa shape index (κ3) is 3.61. The van der Waals surface area contributed by atoms with Crippen LogP contribution in [-0.2, 0) is 0 Å². The van der Waals surface area contributed by atoms with E-state index in [-0.39, 0.29) is 6.03 Å². The normalized spacial score (nSPS) is 14.6. The molecular formula is C17H18F2N4O. The van der Waals surface area contributed by atoms with Crippen molar-refractivity contribution in [3.05, 3.63) is 53.7 Å². The predicted octanol–water partition coefficient (Wildman–Crippen LogP) is 3.02. The molecule has 1 aliphatic heterocycles. The largest absolute Gasteiger partial charge is 0.368 e. The Labute approximate surface area is 138 Å². The minimum Gasteiger partial charge on any atom is -0.368 e. The van der Waals surface area contributed by atoms with Crippen molar-refractivity contribution in [3.63, 3.8) is 0 Å². The highest BCUT2D eigenvalue weighted by Gasteiger charge is 2.22. The second-order valence-electron chi connectivity index (χ2n) is 5.72. The number of hydrogen-bond donors (Lipinski definition) is 1. The molecule has 1 aromatic carbocycles. The number of rotatable bonds is 2. The van der Waals surface area contributed by atoms with Crippen LogP contribution in [0.3, 0.4) is 0 Å². The number of carbonyl (C=O) groups excluding carboxylic acids is 1. The summed E-state index contributed by atoms with van der Waals surface area (Å²) in [5.41, 5.74) is 1.64. The van der Waals surface area contributed by atoms with Crippen molar-refractivity contribution in [2.24, 2.45) is 0 Å². The number of amides is 2. The third-order valence-electron chi connectivity index (χ3n) is 3.98. The molecule has 0 unspecified atom stereocenters. The molecule has 0 aliphatic carbocycles. The van der Waals surface area contributed by atoms with E-state index in [1.807, 2.05) is 17.9 Å². The Balaban J connectivity index is 1.57. The topological polar surface area (TPSA) is 48.5 Å². The van der Waals surface area contributed by atoms with Crippen molar-refractivity contribution >= 4 is 17.5 Å². The molecule has 126 valence electrons. The maximum Gasteiger partial charge on any atom is 0.323 e. The Morgan fingerprint density at radius 2 is 1.83 bits per heavy atom. The van der Waals surface area contributed by atoms with Gasteiger partial charge in [-0.15, -0.1) is 0 Å². The van der Waals surface area contributed by atoms with E-state index in [4.69, 9.17) is 0 Å². The van der Waals surface area contributed by atoms with E-state index in [9.17, 15) is 13.6 Å². The Hall–Kier alpha value is -2.70. The number of carbonyl (C=O) groups is 1. The van der Waals surface area contributed by atoms with E-state index in [0.29, 0.717) is 37.7 Å². The van der Waals surface area contributed by atoms with Gasteiger partial charge in [0.15, 0.2) is 11.6 Å². The van der Waals surface area contributed by atoms with Crippen LogP contribution in [0.15, 0.2) is 36.5 Å². The fraction of sp³-hybridized carbons (Fsp3) is 0.294. The zero-order chi connectivity index (χ0) is 17.1. The molecule has 5 nitrogen and oxygen atoms in total. The molecule has 0 radical (unpaired) electrons.